The van der Waals surface area contributed by atoms with Crippen molar-refractivity contribution < 1.29 is 0 Å². The van der Waals surface area contributed by atoms with Crippen LogP contribution < -0.4 is 11.1 Å². The summed E-state index contributed by atoms with van der Waals surface area (Å²) in [6, 6.07) is 10.7. The lowest BCUT2D eigenvalue weighted by Gasteiger charge is -2.41. The number of rotatable bonds is 4. The maximum atomic E-state index is 5.98. The van der Waals surface area contributed by atoms with Gasteiger partial charge in [-0.15, -0.1) is 0 Å². The Hall–Kier alpha value is -1.51. The Labute approximate surface area is 122 Å². The molecule has 0 aromatic heterocycles. The maximum absolute atomic E-state index is 5.98. The Morgan fingerprint density at radius 3 is 2.40 bits per heavy atom. The van der Waals surface area contributed by atoms with E-state index in [1.54, 1.807) is 0 Å². The van der Waals surface area contributed by atoms with Gasteiger partial charge in [-0.2, -0.15) is 0 Å². The first-order valence-electron chi connectivity index (χ1n) is 7.51. The van der Waals surface area contributed by atoms with E-state index >= 15 is 0 Å². The number of guanidine groups is 1. The van der Waals surface area contributed by atoms with E-state index in [0.29, 0.717) is 11.4 Å². The van der Waals surface area contributed by atoms with E-state index in [4.69, 9.17) is 5.73 Å². The predicted octanol–water partition coefficient (Wildman–Crippen LogP) is 3.10. The van der Waals surface area contributed by atoms with E-state index in [1.165, 1.54) is 24.8 Å². The molecule has 0 radical (unpaired) electrons. The zero-order valence-corrected chi connectivity index (χ0v) is 12.9. The average Bonchev–Trinajstić information content (AvgIpc) is 2.31. The highest BCUT2D eigenvalue weighted by Crippen LogP contribution is 2.43. The summed E-state index contributed by atoms with van der Waals surface area (Å²) in [6.45, 7) is 7.12. The summed E-state index contributed by atoms with van der Waals surface area (Å²) in [6.07, 6.45) is 4.94. The first-order chi connectivity index (χ1) is 9.39. The number of aliphatic imine (C=N–C) groups is 1. The monoisotopic (exact) mass is 273 g/mol. The predicted molar refractivity (Wildman–Crippen MR) is 85.8 cm³/mol. The zero-order chi connectivity index (χ0) is 14.6. The fraction of sp³-hybridized carbons (Fsp3) is 0.588. The molecule has 0 aliphatic heterocycles. The molecule has 3 nitrogen and oxygen atoms in total. The zero-order valence-electron chi connectivity index (χ0n) is 12.9. The third kappa shape index (κ3) is 4.26. The smallest absolute Gasteiger partial charge is 0.189 e. The van der Waals surface area contributed by atoms with Crippen molar-refractivity contribution in [1.29, 1.82) is 0 Å². The van der Waals surface area contributed by atoms with E-state index < -0.39 is 0 Å². The first-order valence-corrected chi connectivity index (χ1v) is 7.51. The standard InChI is InChI=1S/C17H27N3/c1-16(2,3)20-15(18)19-13-17(10-7-11-17)12-14-8-5-4-6-9-14/h4-6,8-9H,7,10-13H2,1-3H3,(H3,18,19,20). The van der Waals surface area contributed by atoms with Crippen LogP contribution in [0.5, 0.6) is 0 Å². The molecule has 110 valence electrons. The Kier molecular flexibility index (Phi) is 4.36. The lowest BCUT2D eigenvalue weighted by atomic mass is 9.65. The Morgan fingerprint density at radius 2 is 1.90 bits per heavy atom. The highest BCUT2D eigenvalue weighted by atomic mass is 15.1. The van der Waals surface area contributed by atoms with E-state index in [2.05, 4.69) is 61.4 Å². The van der Waals surface area contributed by atoms with Crippen molar-refractivity contribution in [3.05, 3.63) is 35.9 Å². The Bertz CT molecular complexity index is 453. The van der Waals surface area contributed by atoms with Gasteiger partial charge in [-0.3, -0.25) is 4.99 Å². The maximum Gasteiger partial charge on any atom is 0.189 e. The van der Waals surface area contributed by atoms with Crippen molar-refractivity contribution in [3.8, 4) is 0 Å². The number of nitrogens with zero attached hydrogens (tertiary/aromatic N) is 1. The minimum Gasteiger partial charge on any atom is -0.370 e. The lowest BCUT2D eigenvalue weighted by molar-refractivity contribution is 0.145. The Morgan fingerprint density at radius 1 is 1.25 bits per heavy atom. The van der Waals surface area contributed by atoms with Crippen molar-refractivity contribution in [1.82, 2.24) is 5.32 Å². The van der Waals surface area contributed by atoms with Crippen molar-refractivity contribution in [2.45, 2.75) is 52.0 Å². The van der Waals surface area contributed by atoms with Crippen LogP contribution in [0.1, 0.15) is 45.6 Å². The molecule has 0 amide bonds. The van der Waals surface area contributed by atoms with Gasteiger partial charge in [0.05, 0.1) is 0 Å². The highest BCUT2D eigenvalue weighted by molar-refractivity contribution is 5.78. The van der Waals surface area contributed by atoms with Crippen LogP contribution in [0.3, 0.4) is 0 Å². The molecule has 2 rings (SSSR count). The quantitative estimate of drug-likeness (QED) is 0.654. The summed E-state index contributed by atoms with van der Waals surface area (Å²) in [5.74, 6) is 0.567. The summed E-state index contributed by atoms with van der Waals surface area (Å²) in [7, 11) is 0. The van der Waals surface area contributed by atoms with Gasteiger partial charge in [0.25, 0.3) is 0 Å². The topological polar surface area (TPSA) is 50.4 Å². The van der Waals surface area contributed by atoms with Gasteiger partial charge < -0.3 is 11.1 Å². The molecule has 0 bridgehead atoms. The summed E-state index contributed by atoms with van der Waals surface area (Å²) < 4.78 is 0. The van der Waals surface area contributed by atoms with Gasteiger partial charge in [0.1, 0.15) is 0 Å². The molecular weight excluding hydrogens is 246 g/mol. The molecular formula is C17H27N3. The normalized spacial score (nSPS) is 18.4. The summed E-state index contributed by atoms with van der Waals surface area (Å²) >= 11 is 0. The van der Waals surface area contributed by atoms with Crippen LogP contribution in [0.2, 0.25) is 0 Å². The molecule has 1 saturated carbocycles. The molecule has 0 spiro atoms. The molecule has 1 aromatic carbocycles. The SMILES string of the molecule is CC(C)(C)NC(N)=NCC1(Cc2ccccc2)CCC1. The molecule has 1 aromatic rings. The fourth-order valence-electron chi connectivity index (χ4n) is 2.77. The molecule has 0 heterocycles. The first kappa shape index (κ1) is 14.9. The van der Waals surface area contributed by atoms with Crippen molar-refractivity contribution in [3.63, 3.8) is 0 Å². The lowest BCUT2D eigenvalue weighted by Crippen LogP contribution is -2.46. The van der Waals surface area contributed by atoms with Crippen LogP contribution in [0.15, 0.2) is 35.3 Å². The van der Waals surface area contributed by atoms with Crippen LogP contribution in [-0.4, -0.2) is 18.0 Å². The van der Waals surface area contributed by atoms with Crippen molar-refractivity contribution >= 4 is 5.96 Å². The van der Waals surface area contributed by atoms with Gasteiger partial charge in [-0.25, -0.2) is 0 Å². The third-order valence-electron chi connectivity index (χ3n) is 3.92. The molecule has 3 N–H and O–H groups in total. The van der Waals surface area contributed by atoms with E-state index in [9.17, 15) is 0 Å². The molecule has 0 unspecified atom stereocenters. The number of nitrogens with two attached hydrogens (primary N) is 1. The molecule has 1 aliphatic rings. The van der Waals surface area contributed by atoms with E-state index in [1.807, 2.05) is 0 Å². The van der Waals surface area contributed by atoms with Gasteiger partial charge in [-0.1, -0.05) is 36.8 Å². The van der Waals surface area contributed by atoms with Gasteiger partial charge in [0.2, 0.25) is 0 Å². The van der Waals surface area contributed by atoms with Crippen LogP contribution >= 0.6 is 0 Å². The largest absolute Gasteiger partial charge is 0.370 e. The number of benzene rings is 1. The molecule has 3 heteroatoms. The number of nitrogens with one attached hydrogen (secondary N) is 1. The van der Waals surface area contributed by atoms with Crippen molar-refractivity contribution in [2.75, 3.05) is 6.54 Å². The molecule has 1 aliphatic carbocycles. The summed E-state index contributed by atoms with van der Waals surface area (Å²) in [4.78, 5) is 4.58. The van der Waals surface area contributed by atoms with Gasteiger partial charge in [0.15, 0.2) is 5.96 Å². The van der Waals surface area contributed by atoms with E-state index in [0.717, 1.165) is 13.0 Å². The van der Waals surface area contributed by atoms with Gasteiger partial charge in [-0.05, 0) is 51.0 Å². The second-order valence-electron chi connectivity index (χ2n) is 7.09. The van der Waals surface area contributed by atoms with Crippen molar-refractivity contribution in [2.24, 2.45) is 16.1 Å². The number of hydrogen-bond acceptors (Lipinski definition) is 1. The average molecular weight is 273 g/mol. The van der Waals surface area contributed by atoms with Gasteiger partial charge in [0, 0.05) is 12.1 Å². The highest BCUT2D eigenvalue weighted by Gasteiger charge is 2.36. The second-order valence-corrected chi connectivity index (χ2v) is 7.09. The van der Waals surface area contributed by atoms with Crippen LogP contribution in [-0.2, 0) is 6.42 Å². The fourth-order valence-corrected chi connectivity index (χ4v) is 2.77. The van der Waals surface area contributed by atoms with Crippen LogP contribution in [0.25, 0.3) is 0 Å². The minimum atomic E-state index is -0.0280. The minimum absolute atomic E-state index is 0.0280. The van der Waals surface area contributed by atoms with E-state index in [-0.39, 0.29) is 5.54 Å². The molecule has 1 fully saturated rings. The van der Waals surface area contributed by atoms with Crippen LogP contribution in [0, 0.1) is 5.41 Å². The van der Waals surface area contributed by atoms with Crippen LogP contribution in [0.4, 0.5) is 0 Å². The summed E-state index contributed by atoms with van der Waals surface area (Å²) in [5.41, 5.74) is 7.68. The molecule has 20 heavy (non-hydrogen) atoms. The number of hydrogen-bond donors (Lipinski definition) is 2. The summed E-state index contributed by atoms with van der Waals surface area (Å²) in [5, 5.41) is 3.23. The molecule has 0 saturated heterocycles. The second kappa shape index (κ2) is 5.86. The van der Waals surface area contributed by atoms with Gasteiger partial charge >= 0.3 is 0 Å². The molecule has 0 atom stereocenters. The Balaban J connectivity index is 1.96. The third-order valence-corrected chi connectivity index (χ3v) is 3.92.